The van der Waals surface area contributed by atoms with Crippen molar-refractivity contribution in [3.05, 3.63) is 58.6 Å². The Morgan fingerprint density at radius 1 is 1.14 bits per heavy atom. The molecule has 0 aliphatic rings. The number of amides is 1. The molecule has 0 unspecified atom stereocenters. The monoisotopic (exact) mass is 438 g/mol. The van der Waals surface area contributed by atoms with Gasteiger partial charge in [-0.25, -0.2) is 8.42 Å². The van der Waals surface area contributed by atoms with E-state index in [1.165, 1.54) is 22.5 Å². The second-order valence-electron chi connectivity index (χ2n) is 6.51. The maximum Gasteiger partial charge on any atom is 0.252 e. The number of halogens is 1. The third-order valence-electron chi connectivity index (χ3n) is 4.39. The molecule has 0 radical (unpaired) electrons. The van der Waals surface area contributed by atoms with Crippen LogP contribution >= 0.6 is 11.6 Å². The molecule has 0 saturated carbocycles. The molecule has 2 aromatic carbocycles. The van der Waals surface area contributed by atoms with Gasteiger partial charge in [-0.2, -0.15) is 4.31 Å². The Labute approximate surface area is 177 Å². The molecular weight excluding hydrogens is 412 g/mol. The van der Waals surface area contributed by atoms with Crippen molar-refractivity contribution < 1.29 is 17.9 Å². The van der Waals surface area contributed by atoms with Crippen molar-refractivity contribution in [1.82, 2.24) is 9.62 Å². The quantitative estimate of drug-likeness (QED) is 0.571. The van der Waals surface area contributed by atoms with Gasteiger partial charge in [-0.3, -0.25) is 4.79 Å². The minimum Gasteiger partial charge on any atom is -0.494 e. The van der Waals surface area contributed by atoms with Gasteiger partial charge in [0.15, 0.2) is 0 Å². The fourth-order valence-electron chi connectivity index (χ4n) is 2.82. The van der Waals surface area contributed by atoms with Crippen molar-refractivity contribution in [1.29, 1.82) is 0 Å². The third-order valence-corrected chi connectivity index (χ3v) is 6.77. The fourth-order valence-corrected chi connectivity index (χ4v) is 4.50. The molecule has 0 fully saturated rings. The van der Waals surface area contributed by atoms with E-state index in [4.69, 9.17) is 16.3 Å². The van der Waals surface area contributed by atoms with Gasteiger partial charge in [-0.15, -0.1) is 0 Å². The predicted molar refractivity (Wildman–Crippen MR) is 115 cm³/mol. The predicted octanol–water partition coefficient (Wildman–Crippen LogP) is 3.88. The number of nitrogens with zero attached hydrogens (tertiary/aromatic N) is 1. The lowest BCUT2D eigenvalue weighted by atomic mass is 10.2. The number of rotatable bonds is 10. The first kappa shape index (κ1) is 23.2. The summed E-state index contributed by atoms with van der Waals surface area (Å²) in [5.41, 5.74) is 1.25. The molecule has 29 heavy (non-hydrogen) atoms. The van der Waals surface area contributed by atoms with Crippen molar-refractivity contribution >= 4 is 27.5 Å². The summed E-state index contributed by atoms with van der Waals surface area (Å²) in [5.74, 6) is 0.371. The molecule has 0 heterocycles. The molecular formula is C21H27ClN2O4S. The van der Waals surface area contributed by atoms with Crippen LogP contribution in [0, 0.1) is 6.92 Å². The zero-order valence-electron chi connectivity index (χ0n) is 16.9. The molecule has 6 nitrogen and oxygen atoms in total. The molecule has 0 bridgehead atoms. The summed E-state index contributed by atoms with van der Waals surface area (Å²) in [7, 11) is -3.66. The van der Waals surface area contributed by atoms with Gasteiger partial charge in [0.1, 0.15) is 5.75 Å². The standard InChI is InChI=1S/C21H27ClN2O4S/c1-4-24(5-2)29(26,27)18-10-11-20(22)19(15-18)21(25)23-12-7-13-28-17-9-6-8-16(3)14-17/h6,8-11,14-15H,4-5,7,12-13H2,1-3H3,(H,23,25). The zero-order chi connectivity index (χ0) is 21.4. The van der Waals surface area contributed by atoms with Crippen LogP contribution in [-0.4, -0.2) is 44.9 Å². The molecule has 0 saturated heterocycles. The van der Waals surface area contributed by atoms with E-state index in [2.05, 4.69) is 5.32 Å². The van der Waals surface area contributed by atoms with E-state index >= 15 is 0 Å². The summed E-state index contributed by atoms with van der Waals surface area (Å²) in [4.78, 5) is 12.5. The maximum atomic E-state index is 12.7. The van der Waals surface area contributed by atoms with E-state index in [1.807, 2.05) is 31.2 Å². The lowest BCUT2D eigenvalue weighted by Crippen LogP contribution is -2.31. The van der Waals surface area contributed by atoms with Crippen LogP contribution in [0.2, 0.25) is 5.02 Å². The van der Waals surface area contributed by atoms with E-state index in [-0.39, 0.29) is 15.5 Å². The number of carbonyl (C=O) groups excluding carboxylic acids is 1. The zero-order valence-corrected chi connectivity index (χ0v) is 18.5. The average Bonchev–Trinajstić information content (AvgIpc) is 2.68. The van der Waals surface area contributed by atoms with Gasteiger partial charge >= 0.3 is 0 Å². The molecule has 0 aromatic heterocycles. The minimum atomic E-state index is -3.66. The van der Waals surface area contributed by atoms with Crippen LogP contribution < -0.4 is 10.1 Å². The summed E-state index contributed by atoms with van der Waals surface area (Å²) in [6.07, 6.45) is 0.606. The summed E-state index contributed by atoms with van der Waals surface area (Å²) in [6.45, 7) is 7.06. The van der Waals surface area contributed by atoms with E-state index in [1.54, 1.807) is 13.8 Å². The molecule has 158 valence electrons. The highest BCUT2D eigenvalue weighted by Gasteiger charge is 2.23. The third kappa shape index (κ3) is 6.19. The first-order valence-electron chi connectivity index (χ1n) is 9.57. The van der Waals surface area contributed by atoms with Crippen LogP contribution in [0.5, 0.6) is 5.75 Å². The Kier molecular flexibility index (Phi) is 8.49. The lowest BCUT2D eigenvalue weighted by Gasteiger charge is -2.19. The van der Waals surface area contributed by atoms with E-state index in [0.717, 1.165) is 11.3 Å². The Bertz CT molecular complexity index is 943. The number of nitrogens with one attached hydrogen (secondary N) is 1. The van der Waals surface area contributed by atoms with E-state index in [9.17, 15) is 13.2 Å². The number of hydrogen-bond acceptors (Lipinski definition) is 4. The molecule has 1 amide bonds. The van der Waals surface area contributed by atoms with Crippen LogP contribution in [0.25, 0.3) is 0 Å². The van der Waals surface area contributed by atoms with Gasteiger partial charge in [0.25, 0.3) is 5.91 Å². The summed E-state index contributed by atoms with van der Waals surface area (Å²) >= 11 is 6.13. The Morgan fingerprint density at radius 3 is 2.52 bits per heavy atom. The Balaban J connectivity index is 1.96. The minimum absolute atomic E-state index is 0.0542. The molecule has 0 spiro atoms. The van der Waals surface area contributed by atoms with Crippen molar-refractivity contribution in [2.75, 3.05) is 26.2 Å². The number of hydrogen-bond donors (Lipinski definition) is 1. The van der Waals surface area contributed by atoms with Gasteiger partial charge in [-0.1, -0.05) is 37.6 Å². The summed E-state index contributed by atoms with van der Waals surface area (Å²) in [5, 5.41) is 2.97. The number of benzene rings is 2. The number of sulfonamides is 1. The second-order valence-corrected chi connectivity index (χ2v) is 8.85. The fraction of sp³-hybridized carbons (Fsp3) is 0.381. The first-order valence-corrected chi connectivity index (χ1v) is 11.4. The molecule has 8 heteroatoms. The Hall–Kier alpha value is -2.09. The van der Waals surface area contributed by atoms with E-state index < -0.39 is 15.9 Å². The molecule has 2 rings (SSSR count). The van der Waals surface area contributed by atoms with Crippen molar-refractivity contribution in [3.8, 4) is 5.75 Å². The number of ether oxygens (including phenoxy) is 1. The van der Waals surface area contributed by atoms with Crippen LogP contribution in [-0.2, 0) is 10.0 Å². The van der Waals surface area contributed by atoms with E-state index in [0.29, 0.717) is 32.7 Å². The molecule has 1 N–H and O–H groups in total. The maximum absolute atomic E-state index is 12.7. The second kappa shape index (κ2) is 10.6. The van der Waals surface area contributed by atoms with Crippen molar-refractivity contribution in [2.24, 2.45) is 0 Å². The summed E-state index contributed by atoms with van der Waals surface area (Å²) in [6, 6.07) is 11.9. The lowest BCUT2D eigenvalue weighted by molar-refractivity contribution is 0.0951. The largest absolute Gasteiger partial charge is 0.494 e. The highest BCUT2D eigenvalue weighted by molar-refractivity contribution is 7.89. The first-order chi connectivity index (χ1) is 13.8. The smallest absolute Gasteiger partial charge is 0.252 e. The van der Waals surface area contributed by atoms with Crippen molar-refractivity contribution in [2.45, 2.75) is 32.1 Å². The molecule has 0 aliphatic heterocycles. The SMILES string of the molecule is CCN(CC)S(=O)(=O)c1ccc(Cl)c(C(=O)NCCCOc2cccc(C)c2)c1. The van der Waals surface area contributed by atoms with Crippen LogP contribution in [0.4, 0.5) is 0 Å². The van der Waals surface area contributed by atoms with Gasteiger partial charge < -0.3 is 10.1 Å². The molecule has 2 aromatic rings. The summed E-state index contributed by atoms with van der Waals surface area (Å²) < 4.78 is 32.3. The van der Waals surface area contributed by atoms with Gasteiger partial charge in [-0.05, 0) is 49.2 Å². The van der Waals surface area contributed by atoms with Crippen molar-refractivity contribution in [3.63, 3.8) is 0 Å². The Morgan fingerprint density at radius 2 is 1.86 bits per heavy atom. The van der Waals surface area contributed by atoms with Gasteiger partial charge in [0.2, 0.25) is 10.0 Å². The van der Waals surface area contributed by atoms with Crippen LogP contribution in [0.15, 0.2) is 47.4 Å². The van der Waals surface area contributed by atoms with Gasteiger partial charge in [0, 0.05) is 19.6 Å². The highest BCUT2D eigenvalue weighted by Crippen LogP contribution is 2.23. The van der Waals surface area contributed by atoms with Gasteiger partial charge in [0.05, 0.1) is 22.1 Å². The molecule has 0 atom stereocenters. The highest BCUT2D eigenvalue weighted by atomic mass is 35.5. The average molecular weight is 439 g/mol. The van der Waals surface area contributed by atoms with Crippen LogP contribution in [0.1, 0.15) is 36.2 Å². The number of carbonyl (C=O) groups is 1. The molecule has 0 aliphatic carbocycles. The topological polar surface area (TPSA) is 75.7 Å². The van der Waals surface area contributed by atoms with Crippen LogP contribution in [0.3, 0.4) is 0 Å². The normalized spacial score (nSPS) is 11.5. The number of aryl methyl sites for hydroxylation is 1.